The van der Waals surface area contributed by atoms with Gasteiger partial charge in [0.05, 0.1) is 23.2 Å². The first-order chi connectivity index (χ1) is 18.2. The number of urea groups is 1. The SMILES string of the molecule is CC1=C(C(=O)NCCCN2CCC(c3ccc(F)cc3C#N)CC2)[C@@H](c2ccc(F)c(F)c2)NC(=O)N1C. The maximum Gasteiger partial charge on any atom is 0.322 e. The smallest absolute Gasteiger partial charge is 0.322 e. The van der Waals surface area contributed by atoms with E-state index >= 15 is 0 Å². The number of hydrogen-bond donors (Lipinski definition) is 2. The summed E-state index contributed by atoms with van der Waals surface area (Å²) < 4.78 is 40.8. The quantitative estimate of drug-likeness (QED) is 0.527. The molecule has 0 bridgehead atoms. The summed E-state index contributed by atoms with van der Waals surface area (Å²) in [7, 11) is 1.54. The van der Waals surface area contributed by atoms with E-state index in [2.05, 4.69) is 21.6 Å². The lowest BCUT2D eigenvalue weighted by atomic mass is 9.86. The highest BCUT2D eigenvalue weighted by Gasteiger charge is 2.34. The molecule has 38 heavy (non-hydrogen) atoms. The molecule has 10 heteroatoms. The van der Waals surface area contributed by atoms with Crippen molar-refractivity contribution in [3.05, 3.63) is 81.8 Å². The molecule has 0 aromatic heterocycles. The standard InChI is InChI=1S/C28H30F3N5O2/c1-17-25(26(34-28(38)35(17)2)19-4-7-23(30)24(31)15-19)27(37)33-10-3-11-36-12-8-18(9-13-36)22-6-5-21(29)14-20(22)16-32/h4-7,14-15,18,26H,3,8-13H2,1-2H3,(H,33,37)(H,34,38)/t26-/m1/s1. The molecular weight excluding hydrogens is 495 g/mol. The van der Waals surface area contributed by atoms with E-state index in [4.69, 9.17) is 0 Å². The topological polar surface area (TPSA) is 88.5 Å². The number of carbonyl (C=O) groups excluding carboxylic acids is 2. The first-order valence-corrected chi connectivity index (χ1v) is 12.6. The van der Waals surface area contributed by atoms with Gasteiger partial charge in [0.15, 0.2) is 11.6 Å². The third kappa shape index (κ3) is 5.83. The Kier molecular flexibility index (Phi) is 8.37. The molecule has 2 aromatic carbocycles. The number of rotatable bonds is 7. The van der Waals surface area contributed by atoms with E-state index in [0.717, 1.165) is 50.2 Å². The van der Waals surface area contributed by atoms with Gasteiger partial charge < -0.3 is 20.4 Å². The first-order valence-electron chi connectivity index (χ1n) is 12.6. The fourth-order valence-corrected chi connectivity index (χ4v) is 5.12. The Hall–Kier alpha value is -3.84. The monoisotopic (exact) mass is 525 g/mol. The molecule has 2 aliphatic heterocycles. The molecule has 0 aliphatic carbocycles. The van der Waals surface area contributed by atoms with Crippen LogP contribution in [0.3, 0.4) is 0 Å². The highest BCUT2D eigenvalue weighted by atomic mass is 19.2. The van der Waals surface area contributed by atoms with Crippen LogP contribution in [0.4, 0.5) is 18.0 Å². The van der Waals surface area contributed by atoms with Gasteiger partial charge in [-0.25, -0.2) is 18.0 Å². The molecule has 0 saturated carbocycles. The van der Waals surface area contributed by atoms with Gasteiger partial charge >= 0.3 is 6.03 Å². The van der Waals surface area contributed by atoms with Gasteiger partial charge in [-0.15, -0.1) is 0 Å². The Balaban J connectivity index is 1.32. The summed E-state index contributed by atoms with van der Waals surface area (Å²) in [4.78, 5) is 29.1. The van der Waals surface area contributed by atoms with Gasteiger partial charge in [0, 0.05) is 19.3 Å². The second-order valence-corrected chi connectivity index (χ2v) is 9.68. The summed E-state index contributed by atoms with van der Waals surface area (Å²) >= 11 is 0. The van der Waals surface area contributed by atoms with Crippen LogP contribution in [0.5, 0.6) is 0 Å². The molecule has 7 nitrogen and oxygen atoms in total. The average molecular weight is 526 g/mol. The number of benzene rings is 2. The van der Waals surface area contributed by atoms with Crippen LogP contribution in [0.1, 0.15) is 54.8 Å². The summed E-state index contributed by atoms with van der Waals surface area (Å²) in [6, 6.07) is 8.45. The van der Waals surface area contributed by atoms with Crippen LogP contribution in [0.15, 0.2) is 47.7 Å². The highest BCUT2D eigenvalue weighted by Crippen LogP contribution is 2.32. The molecule has 200 valence electrons. The van der Waals surface area contributed by atoms with Gasteiger partial charge in [-0.05, 0) is 87.1 Å². The zero-order valence-corrected chi connectivity index (χ0v) is 21.4. The Bertz CT molecular complexity index is 1300. The number of nitrogens with one attached hydrogen (secondary N) is 2. The maximum absolute atomic E-state index is 13.9. The van der Waals surface area contributed by atoms with Crippen LogP contribution >= 0.6 is 0 Å². The molecule has 0 spiro atoms. The van der Waals surface area contributed by atoms with Gasteiger partial charge in [0.2, 0.25) is 0 Å². The van der Waals surface area contributed by atoms with Gasteiger partial charge in [-0.2, -0.15) is 5.26 Å². The number of hydrogen-bond acceptors (Lipinski definition) is 4. The molecule has 3 amide bonds. The zero-order chi connectivity index (χ0) is 27.4. The van der Waals surface area contributed by atoms with Crippen LogP contribution in [0, 0.1) is 28.8 Å². The van der Waals surface area contributed by atoms with Crippen LogP contribution in [0.25, 0.3) is 0 Å². The van der Waals surface area contributed by atoms with E-state index in [1.165, 1.54) is 30.1 Å². The summed E-state index contributed by atoms with van der Waals surface area (Å²) in [5.41, 5.74) is 2.26. The summed E-state index contributed by atoms with van der Waals surface area (Å²) in [5.74, 6) is -2.65. The van der Waals surface area contributed by atoms with E-state index in [0.29, 0.717) is 24.2 Å². The third-order valence-corrected chi connectivity index (χ3v) is 7.38. The lowest BCUT2D eigenvalue weighted by Gasteiger charge is -2.34. The van der Waals surface area contributed by atoms with Gasteiger partial charge in [-0.1, -0.05) is 12.1 Å². The van der Waals surface area contributed by atoms with Crippen LogP contribution in [0.2, 0.25) is 0 Å². The first kappa shape index (κ1) is 27.2. The van der Waals surface area contributed by atoms with Crippen molar-refractivity contribution in [3.63, 3.8) is 0 Å². The van der Waals surface area contributed by atoms with Crippen LogP contribution in [-0.2, 0) is 4.79 Å². The molecule has 2 aliphatic rings. The minimum Gasteiger partial charge on any atom is -0.352 e. The van der Waals surface area contributed by atoms with Crippen molar-refractivity contribution in [2.45, 2.75) is 38.1 Å². The fraction of sp³-hybridized carbons (Fsp3) is 0.393. The predicted octanol–water partition coefficient (Wildman–Crippen LogP) is 4.33. The van der Waals surface area contributed by atoms with E-state index in [9.17, 15) is 28.0 Å². The second kappa shape index (κ2) is 11.7. The Labute approximate surface area is 219 Å². The van der Waals surface area contributed by atoms with Crippen molar-refractivity contribution in [1.29, 1.82) is 5.26 Å². The van der Waals surface area contributed by atoms with Crippen LogP contribution < -0.4 is 10.6 Å². The van der Waals surface area contributed by atoms with E-state index in [1.54, 1.807) is 13.0 Å². The summed E-state index contributed by atoms with van der Waals surface area (Å²) in [5, 5.41) is 14.9. The van der Waals surface area contributed by atoms with Crippen molar-refractivity contribution in [2.75, 3.05) is 33.2 Å². The van der Waals surface area contributed by atoms with Crippen molar-refractivity contribution < 1.29 is 22.8 Å². The molecule has 2 aromatic rings. The van der Waals surface area contributed by atoms with Crippen molar-refractivity contribution in [3.8, 4) is 6.07 Å². The lowest BCUT2D eigenvalue weighted by molar-refractivity contribution is -0.118. The van der Waals surface area contributed by atoms with Crippen LogP contribution in [-0.4, -0.2) is 55.0 Å². The van der Waals surface area contributed by atoms with Gasteiger partial charge in [0.1, 0.15) is 5.82 Å². The normalized spacial score (nSPS) is 18.8. The molecule has 4 rings (SSSR count). The Morgan fingerprint density at radius 1 is 1.13 bits per heavy atom. The molecule has 0 radical (unpaired) electrons. The molecule has 1 fully saturated rings. The van der Waals surface area contributed by atoms with Gasteiger partial charge in [-0.3, -0.25) is 4.79 Å². The largest absolute Gasteiger partial charge is 0.352 e. The molecular formula is C28H30F3N5O2. The summed E-state index contributed by atoms with van der Waals surface area (Å²) in [6.07, 6.45) is 2.42. The molecule has 2 heterocycles. The lowest BCUT2D eigenvalue weighted by Crippen LogP contribution is -2.48. The number of carbonyl (C=O) groups is 2. The van der Waals surface area contributed by atoms with Gasteiger partial charge in [0.25, 0.3) is 5.91 Å². The van der Waals surface area contributed by atoms with E-state index in [1.807, 2.05) is 0 Å². The highest BCUT2D eigenvalue weighted by molar-refractivity contribution is 5.98. The molecule has 2 N–H and O–H groups in total. The number of piperidine rings is 1. The van der Waals surface area contributed by atoms with E-state index in [-0.39, 0.29) is 23.0 Å². The number of nitrogens with zero attached hydrogens (tertiary/aromatic N) is 3. The van der Waals surface area contributed by atoms with Crippen molar-refractivity contribution in [1.82, 2.24) is 20.4 Å². The molecule has 1 saturated heterocycles. The van der Waals surface area contributed by atoms with E-state index < -0.39 is 29.5 Å². The average Bonchev–Trinajstić information content (AvgIpc) is 2.91. The minimum absolute atomic E-state index is 0.211. The number of amides is 3. The fourth-order valence-electron chi connectivity index (χ4n) is 5.12. The maximum atomic E-state index is 13.9. The van der Waals surface area contributed by atoms with Crippen molar-refractivity contribution in [2.24, 2.45) is 0 Å². The molecule has 0 unspecified atom stereocenters. The Morgan fingerprint density at radius 2 is 1.87 bits per heavy atom. The number of nitriles is 1. The predicted molar refractivity (Wildman–Crippen MR) is 135 cm³/mol. The number of allylic oxidation sites excluding steroid dienone is 1. The molecule has 1 atom stereocenters. The number of likely N-dealkylation sites (tertiary alicyclic amines) is 1. The second-order valence-electron chi connectivity index (χ2n) is 9.68. The third-order valence-electron chi connectivity index (χ3n) is 7.38. The minimum atomic E-state index is -1.06. The summed E-state index contributed by atoms with van der Waals surface area (Å²) in [6.45, 7) is 4.47. The number of halogens is 3. The zero-order valence-electron chi connectivity index (χ0n) is 21.4. The Morgan fingerprint density at radius 3 is 2.55 bits per heavy atom. The van der Waals surface area contributed by atoms with Crippen molar-refractivity contribution >= 4 is 11.9 Å².